The van der Waals surface area contributed by atoms with Gasteiger partial charge in [-0.2, -0.15) is 0 Å². The second-order valence-electron chi connectivity index (χ2n) is 5.67. The lowest BCUT2D eigenvalue weighted by Crippen LogP contribution is -2.47. The quantitative estimate of drug-likeness (QED) is 0.694. The van der Waals surface area contributed by atoms with E-state index in [1.165, 1.54) is 32.1 Å². The molecular weight excluding hydrogens is 226 g/mol. The van der Waals surface area contributed by atoms with Gasteiger partial charge in [0.25, 0.3) is 0 Å². The highest BCUT2D eigenvalue weighted by atomic mass is 16.2. The van der Waals surface area contributed by atoms with E-state index in [-0.39, 0.29) is 5.91 Å². The average Bonchev–Trinajstić information content (AvgIpc) is 2.89. The third kappa shape index (κ3) is 4.94. The molecule has 0 aromatic rings. The summed E-state index contributed by atoms with van der Waals surface area (Å²) in [6.07, 6.45) is 8.11. The van der Waals surface area contributed by atoms with E-state index in [4.69, 9.17) is 0 Å². The van der Waals surface area contributed by atoms with Gasteiger partial charge in [0.15, 0.2) is 0 Å². The SMILES string of the molecule is O=C(CN1CCNCC1)NCCCC1CCCC1. The number of piperazine rings is 1. The molecule has 1 heterocycles. The van der Waals surface area contributed by atoms with Crippen LogP contribution in [-0.4, -0.2) is 50.1 Å². The van der Waals surface area contributed by atoms with Crippen LogP contribution in [0.4, 0.5) is 0 Å². The summed E-state index contributed by atoms with van der Waals surface area (Å²) >= 11 is 0. The number of hydrogen-bond acceptors (Lipinski definition) is 3. The van der Waals surface area contributed by atoms with Gasteiger partial charge in [0.1, 0.15) is 0 Å². The van der Waals surface area contributed by atoms with Crippen LogP contribution in [0.5, 0.6) is 0 Å². The molecule has 0 bridgehead atoms. The molecule has 0 radical (unpaired) electrons. The Morgan fingerprint density at radius 2 is 1.94 bits per heavy atom. The van der Waals surface area contributed by atoms with E-state index in [0.29, 0.717) is 6.54 Å². The summed E-state index contributed by atoms with van der Waals surface area (Å²) in [6, 6.07) is 0. The molecule has 2 N–H and O–H groups in total. The maximum Gasteiger partial charge on any atom is 0.234 e. The van der Waals surface area contributed by atoms with Gasteiger partial charge >= 0.3 is 0 Å². The van der Waals surface area contributed by atoms with Crippen LogP contribution in [0.15, 0.2) is 0 Å². The third-order valence-corrected chi connectivity index (χ3v) is 4.16. The first-order valence-electron chi connectivity index (χ1n) is 7.54. The number of carbonyl (C=O) groups excluding carboxylic acids is 1. The molecule has 2 aliphatic rings. The molecule has 0 spiro atoms. The third-order valence-electron chi connectivity index (χ3n) is 4.16. The zero-order chi connectivity index (χ0) is 12.6. The lowest BCUT2D eigenvalue weighted by atomic mass is 10.0. The number of amides is 1. The van der Waals surface area contributed by atoms with Gasteiger partial charge in [0, 0.05) is 32.7 Å². The van der Waals surface area contributed by atoms with E-state index >= 15 is 0 Å². The highest BCUT2D eigenvalue weighted by Gasteiger charge is 2.15. The molecule has 4 heteroatoms. The fourth-order valence-electron chi connectivity index (χ4n) is 3.05. The van der Waals surface area contributed by atoms with Gasteiger partial charge in [-0.3, -0.25) is 9.69 Å². The van der Waals surface area contributed by atoms with Crippen molar-refractivity contribution in [1.29, 1.82) is 0 Å². The molecule has 1 amide bonds. The van der Waals surface area contributed by atoms with Crippen molar-refractivity contribution in [1.82, 2.24) is 15.5 Å². The molecule has 0 unspecified atom stereocenters. The Morgan fingerprint density at radius 3 is 2.67 bits per heavy atom. The molecule has 104 valence electrons. The monoisotopic (exact) mass is 253 g/mol. The van der Waals surface area contributed by atoms with Crippen LogP contribution >= 0.6 is 0 Å². The Labute approximate surface area is 110 Å². The molecule has 1 saturated carbocycles. The van der Waals surface area contributed by atoms with Gasteiger partial charge in [0.05, 0.1) is 6.54 Å². The first kappa shape index (κ1) is 13.8. The molecule has 0 aromatic heterocycles. The minimum atomic E-state index is 0.198. The fourth-order valence-corrected chi connectivity index (χ4v) is 3.05. The predicted octanol–water partition coefficient (Wildman–Crippen LogP) is 0.978. The van der Waals surface area contributed by atoms with E-state index < -0.39 is 0 Å². The molecule has 1 aliphatic heterocycles. The molecule has 18 heavy (non-hydrogen) atoms. The van der Waals surface area contributed by atoms with Gasteiger partial charge < -0.3 is 10.6 Å². The molecule has 1 aliphatic carbocycles. The van der Waals surface area contributed by atoms with E-state index in [1.807, 2.05) is 0 Å². The summed E-state index contributed by atoms with van der Waals surface area (Å²) in [6.45, 7) is 5.45. The van der Waals surface area contributed by atoms with Crippen molar-refractivity contribution >= 4 is 5.91 Å². The van der Waals surface area contributed by atoms with Crippen LogP contribution in [0.1, 0.15) is 38.5 Å². The minimum Gasteiger partial charge on any atom is -0.355 e. The van der Waals surface area contributed by atoms with Crippen LogP contribution in [0.2, 0.25) is 0 Å². The average molecular weight is 253 g/mol. The van der Waals surface area contributed by atoms with Crippen LogP contribution in [0.25, 0.3) is 0 Å². The highest BCUT2D eigenvalue weighted by Crippen LogP contribution is 2.28. The van der Waals surface area contributed by atoms with E-state index in [0.717, 1.165) is 45.1 Å². The van der Waals surface area contributed by atoms with Crippen molar-refractivity contribution < 1.29 is 4.79 Å². The second kappa shape index (κ2) is 7.74. The zero-order valence-electron chi connectivity index (χ0n) is 11.4. The molecule has 2 rings (SSSR count). The van der Waals surface area contributed by atoms with Crippen LogP contribution in [0, 0.1) is 5.92 Å². The highest BCUT2D eigenvalue weighted by molar-refractivity contribution is 5.77. The number of hydrogen-bond donors (Lipinski definition) is 2. The Hall–Kier alpha value is -0.610. The van der Waals surface area contributed by atoms with Gasteiger partial charge in [-0.05, 0) is 18.8 Å². The van der Waals surface area contributed by atoms with Crippen molar-refractivity contribution in [2.45, 2.75) is 38.5 Å². The standard InChI is InChI=1S/C14H27N3O/c18-14(12-17-10-8-15-9-11-17)16-7-3-6-13-4-1-2-5-13/h13,15H,1-12H2,(H,16,18). The number of rotatable bonds is 6. The largest absolute Gasteiger partial charge is 0.355 e. The lowest BCUT2D eigenvalue weighted by Gasteiger charge is -2.26. The number of nitrogens with zero attached hydrogens (tertiary/aromatic N) is 1. The van der Waals surface area contributed by atoms with E-state index in [9.17, 15) is 4.79 Å². The summed E-state index contributed by atoms with van der Waals surface area (Å²) in [4.78, 5) is 14.0. The summed E-state index contributed by atoms with van der Waals surface area (Å²) in [5.74, 6) is 1.14. The smallest absolute Gasteiger partial charge is 0.234 e. The molecular formula is C14H27N3O. The van der Waals surface area contributed by atoms with Gasteiger partial charge in [-0.15, -0.1) is 0 Å². The van der Waals surface area contributed by atoms with E-state index in [2.05, 4.69) is 15.5 Å². The number of carbonyl (C=O) groups is 1. The Bertz CT molecular complexity index is 245. The molecule has 0 aromatic carbocycles. The Balaban J connectivity index is 1.48. The van der Waals surface area contributed by atoms with Crippen LogP contribution < -0.4 is 10.6 Å². The van der Waals surface area contributed by atoms with Gasteiger partial charge in [-0.1, -0.05) is 25.7 Å². The molecule has 1 saturated heterocycles. The summed E-state index contributed by atoms with van der Waals surface area (Å²) in [5.41, 5.74) is 0. The number of nitrogens with one attached hydrogen (secondary N) is 2. The van der Waals surface area contributed by atoms with Crippen molar-refractivity contribution in [3.8, 4) is 0 Å². The maximum atomic E-state index is 11.7. The minimum absolute atomic E-state index is 0.198. The molecule has 0 atom stereocenters. The van der Waals surface area contributed by atoms with Crippen molar-refractivity contribution in [2.24, 2.45) is 5.92 Å². The van der Waals surface area contributed by atoms with Crippen LogP contribution in [-0.2, 0) is 4.79 Å². The normalized spacial score (nSPS) is 22.2. The van der Waals surface area contributed by atoms with Crippen LogP contribution in [0.3, 0.4) is 0 Å². The predicted molar refractivity (Wildman–Crippen MR) is 73.5 cm³/mol. The van der Waals surface area contributed by atoms with Crippen molar-refractivity contribution in [3.63, 3.8) is 0 Å². The summed E-state index contributed by atoms with van der Waals surface area (Å²) in [5, 5.41) is 6.35. The van der Waals surface area contributed by atoms with Gasteiger partial charge in [0.2, 0.25) is 5.91 Å². The first-order chi connectivity index (χ1) is 8.84. The van der Waals surface area contributed by atoms with Crippen molar-refractivity contribution in [2.75, 3.05) is 39.3 Å². The molecule has 4 nitrogen and oxygen atoms in total. The van der Waals surface area contributed by atoms with Gasteiger partial charge in [-0.25, -0.2) is 0 Å². The van der Waals surface area contributed by atoms with Crippen molar-refractivity contribution in [3.05, 3.63) is 0 Å². The summed E-state index contributed by atoms with van der Waals surface area (Å²) < 4.78 is 0. The lowest BCUT2D eigenvalue weighted by molar-refractivity contribution is -0.122. The zero-order valence-corrected chi connectivity index (χ0v) is 11.4. The first-order valence-corrected chi connectivity index (χ1v) is 7.54. The molecule has 2 fully saturated rings. The Kier molecular flexibility index (Phi) is 5.94. The second-order valence-corrected chi connectivity index (χ2v) is 5.67. The fraction of sp³-hybridized carbons (Fsp3) is 0.929. The van der Waals surface area contributed by atoms with E-state index in [1.54, 1.807) is 0 Å². The summed E-state index contributed by atoms with van der Waals surface area (Å²) in [7, 11) is 0. The maximum absolute atomic E-state index is 11.7. The Morgan fingerprint density at radius 1 is 1.22 bits per heavy atom. The topological polar surface area (TPSA) is 44.4 Å².